The summed E-state index contributed by atoms with van der Waals surface area (Å²) in [7, 11) is 0. The van der Waals surface area contributed by atoms with Gasteiger partial charge in [0.25, 0.3) is 11.8 Å². The second-order valence-corrected chi connectivity index (χ2v) is 9.18. The molecule has 3 aromatic carbocycles. The van der Waals surface area contributed by atoms with Crippen LogP contribution in [0.5, 0.6) is 17.2 Å². The molecule has 0 atom stereocenters. The molecule has 3 aromatic rings. The third kappa shape index (κ3) is 6.29. The Hall–Kier alpha value is -3.86. The number of nitrogens with one attached hydrogen (secondary N) is 1. The van der Waals surface area contributed by atoms with Crippen molar-refractivity contribution < 1.29 is 28.6 Å². The maximum Gasteiger partial charge on any atom is 0.336 e. The Bertz CT molecular complexity index is 1340. The Labute approximate surface area is 228 Å². The minimum Gasteiger partial charge on any atom is -0.494 e. The van der Waals surface area contributed by atoms with Gasteiger partial charge in [0.05, 0.1) is 18.9 Å². The van der Waals surface area contributed by atoms with Crippen LogP contribution >= 0.6 is 22.6 Å². The molecule has 1 aliphatic heterocycles. The van der Waals surface area contributed by atoms with Crippen molar-refractivity contribution >= 4 is 52.2 Å². The molecule has 0 unspecified atom stereocenters. The highest BCUT2D eigenvalue weighted by molar-refractivity contribution is 14.1. The molecule has 8 nitrogen and oxygen atoms in total. The van der Waals surface area contributed by atoms with Crippen molar-refractivity contribution in [3.8, 4) is 17.2 Å². The molecule has 4 amide bonds. The number of urea groups is 1. The standard InChI is InChI=1S/C28H25IN2O6/c1-3-35-22-13-14-25(36-4-2)24(16-22)31-27(33)23(26(32)30-28(31)34)15-18-7-11-21(12-8-18)37-17-19-5-9-20(29)10-6-19/h5-16H,3-4,17H2,1-2H3,(H,30,32,34)/b23-15+. The molecule has 0 radical (unpaired) electrons. The van der Waals surface area contributed by atoms with Crippen molar-refractivity contribution in [3.63, 3.8) is 0 Å². The number of nitrogens with zero attached hydrogens (tertiary/aromatic N) is 1. The van der Waals surface area contributed by atoms with Crippen molar-refractivity contribution in [2.45, 2.75) is 20.5 Å². The number of halogens is 1. The van der Waals surface area contributed by atoms with E-state index in [0.29, 0.717) is 42.6 Å². The van der Waals surface area contributed by atoms with Gasteiger partial charge in [0.2, 0.25) is 0 Å². The first-order valence-corrected chi connectivity index (χ1v) is 12.8. The SMILES string of the molecule is CCOc1ccc(OCC)c(N2C(=O)NC(=O)/C(=C\c3ccc(OCc4ccc(I)cc4)cc3)C2=O)c1. The Kier molecular flexibility index (Phi) is 8.44. The summed E-state index contributed by atoms with van der Waals surface area (Å²) in [6.45, 7) is 4.76. The Morgan fingerprint density at radius 2 is 1.51 bits per heavy atom. The van der Waals surface area contributed by atoms with E-state index in [4.69, 9.17) is 14.2 Å². The number of imide groups is 2. The van der Waals surface area contributed by atoms with Crippen molar-refractivity contribution in [3.05, 3.63) is 87.0 Å². The fraction of sp³-hybridized carbons (Fsp3) is 0.179. The maximum atomic E-state index is 13.4. The van der Waals surface area contributed by atoms with Gasteiger partial charge >= 0.3 is 6.03 Å². The fourth-order valence-corrected chi connectivity index (χ4v) is 4.02. The third-order valence-corrected chi connectivity index (χ3v) is 6.11. The molecule has 190 valence electrons. The van der Waals surface area contributed by atoms with Crippen LogP contribution in [0.2, 0.25) is 0 Å². The van der Waals surface area contributed by atoms with Crippen LogP contribution in [0.3, 0.4) is 0 Å². The number of hydrogen-bond donors (Lipinski definition) is 1. The molecule has 1 N–H and O–H groups in total. The van der Waals surface area contributed by atoms with Crippen LogP contribution in [0.25, 0.3) is 6.08 Å². The van der Waals surface area contributed by atoms with Gasteiger partial charge in [0.1, 0.15) is 29.4 Å². The first-order valence-electron chi connectivity index (χ1n) is 11.7. The van der Waals surface area contributed by atoms with Gasteiger partial charge in [-0.05, 0) is 90.0 Å². The molecule has 0 saturated carbocycles. The quantitative estimate of drug-likeness (QED) is 0.200. The zero-order chi connectivity index (χ0) is 26.4. The number of amides is 4. The van der Waals surface area contributed by atoms with Gasteiger partial charge in [-0.25, -0.2) is 9.69 Å². The molecule has 1 saturated heterocycles. The number of carbonyl (C=O) groups is 3. The molecular formula is C28H25IN2O6. The molecular weight excluding hydrogens is 587 g/mol. The maximum absolute atomic E-state index is 13.4. The van der Waals surface area contributed by atoms with Gasteiger partial charge in [-0.2, -0.15) is 0 Å². The first kappa shape index (κ1) is 26.2. The topological polar surface area (TPSA) is 94.2 Å². The van der Waals surface area contributed by atoms with Crippen molar-refractivity contribution in [2.75, 3.05) is 18.1 Å². The van der Waals surface area contributed by atoms with Gasteiger partial charge in [0.15, 0.2) is 0 Å². The van der Waals surface area contributed by atoms with E-state index >= 15 is 0 Å². The number of carbonyl (C=O) groups excluding carboxylic acids is 3. The summed E-state index contributed by atoms with van der Waals surface area (Å²) in [6, 6.07) is 19.0. The lowest BCUT2D eigenvalue weighted by Gasteiger charge is -2.28. The summed E-state index contributed by atoms with van der Waals surface area (Å²) in [6.07, 6.45) is 1.44. The minimum atomic E-state index is -0.860. The highest BCUT2D eigenvalue weighted by atomic mass is 127. The summed E-state index contributed by atoms with van der Waals surface area (Å²) in [5, 5.41) is 2.24. The number of anilines is 1. The number of benzene rings is 3. The summed E-state index contributed by atoms with van der Waals surface area (Å²) in [4.78, 5) is 39.6. The molecule has 0 aliphatic carbocycles. The van der Waals surface area contributed by atoms with Crippen LogP contribution in [-0.2, 0) is 16.2 Å². The van der Waals surface area contributed by atoms with Crippen molar-refractivity contribution in [1.82, 2.24) is 5.32 Å². The van der Waals surface area contributed by atoms with Crippen LogP contribution in [0, 0.1) is 3.57 Å². The molecule has 1 aliphatic rings. The summed E-state index contributed by atoms with van der Waals surface area (Å²) in [5.74, 6) is -0.111. The number of ether oxygens (including phenoxy) is 3. The normalized spacial score (nSPS) is 14.5. The zero-order valence-electron chi connectivity index (χ0n) is 20.3. The minimum absolute atomic E-state index is 0.184. The largest absolute Gasteiger partial charge is 0.494 e. The van der Waals surface area contributed by atoms with Crippen LogP contribution < -0.4 is 24.4 Å². The van der Waals surface area contributed by atoms with Gasteiger partial charge in [0, 0.05) is 9.64 Å². The average Bonchev–Trinajstić information content (AvgIpc) is 2.88. The predicted octanol–water partition coefficient (Wildman–Crippen LogP) is 5.33. The Morgan fingerprint density at radius 1 is 0.838 bits per heavy atom. The third-order valence-electron chi connectivity index (χ3n) is 5.39. The number of hydrogen-bond acceptors (Lipinski definition) is 6. The highest BCUT2D eigenvalue weighted by Gasteiger charge is 2.38. The molecule has 0 aromatic heterocycles. The van der Waals surface area contributed by atoms with Gasteiger partial charge in [-0.1, -0.05) is 24.3 Å². The summed E-state index contributed by atoms with van der Waals surface area (Å²) < 4.78 is 18.1. The van der Waals surface area contributed by atoms with Gasteiger partial charge in [-0.3, -0.25) is 14.9 Å². The van der Waals surface area contributed by atoms with Crippen LogP contribution in [0.15, 0.2) is 72.3 Å². The first-order chi connectivity index (χ1) is 17.9. The van der Waals surface area contributed by atoms with Crippen LogP contribution in [-0.4, -0.2) is 31.1 Å². The fourth-order valence-electron chi connectivity index (χ4n) is 3.66. The average molecular weight is 612 g/mol. The molecule has 1 heterocycles. The van der Waals surface area contributed by atoms with Crippen molar-refractivity contribution in [2.24, 2.45) is 0 Å². The van der Waals surface area contributed by atoms with Crippen molar-refractivity contribution in [1.29, 1.82) is 0 Å². The number of rotatable bonds is 9. The molecule has 9 heteroatoms. The smallest absolute Gasteiger partial charge is 0.336 e. The molecule has 1 fully saturated rings. The predicted molar refractivity (Wildman–Crippen MR) is 148 cm³/mol. The van der Waals surface area contributed by atoms with E-state index in [9.17, 15) is 14.4 Å². The lowest BCUT2D eigenvalue weighted by Crippen LogP contribution is -2.54. The van der Waals surface area contributed by atoms with E-state index in [0.717, 1.165) is 14.0 Å². The second kappa shape index (κ2) is 11.9. The molecule has 0 bridgehead atoms. The Morgan fingerprint density at radius 3 is 2.19 bits per heavy atom. The van der Waals surface area contributed by atoms with E-state index in [2.05, 4.69) is 27.9 Å². The number of barbiturate groups is 1. The monoisotopic (exact) mass is 612 g/mol. The van der Waals surface area contributed by atoms with E-state index in [1.807, 2.05) is 31.2 Å². The molecule has 4 rings (SSSR count). The summed E-state index contributed by atoms with van der Waals surface area (Å²) >= 11 is 2.25. The lowest BCUT2D eigenvalue weighted by molar-refractivity contribution is -0.122. The zero-order valence-corrected chi connectivity index (χ0v) is 22.5. The highest BCUT2D eigenvalue weighted by Crippen LogP contribution is 2.35. The Balaban J connectivity index is 1.57. The van der Waals surface area contributed by atoms with E-state index in [1.165, 1.54) is 6.08 Å². The molecule has 0 spiro atoms. The molecule has 37 heavy (non-hydrogen) atoms. The van der Waals surface area contributed by atoms with E-state index in [1.54, 1.807) is 49.4 Å². The van der Waals surface area contributed by atoms with Gasteiger partial charge in [-0.15, -0.1) is 0 Å². The summed E-state index contributed by atoms with van der Waals surface area (Å²) in [5.41, 5.74) is 1.65. The van der Waals surface area contributed by atoms with Gasteiger partial charge < -0.3 is 14.2 Å². The lowest BCUT2D eigenvalue weighted by atomic mass is 10.1. The van der Waals surface area contributed by atoms with E-state index in [-0.39, 0.29) is 11.3 Å². The van der Waals surface area contributed by atoms with E-state index < -0.39 is 17.8 Å². The van der Waals surface area contributed by atoms with Crippen LogP contribution in [0.4, 0.5) is 10.5 Å². The second-order valence-electron chi connectivity index (χ2n) is 7.94. The van der Waals surface area contributed by atoms with Crippen LogP contribution in [0.1, 0.15) is 25.0 Å².